The molecule has 0 bridgehead atoms. The molecule has 4 rings (SSSR count). The summed E-state index contributed by atoms with van der Waals surface area (Å²) in [6, 6.07) is 26.8. The van der Waals surface area contributed by atoms with E-state index in [1.807, 2.05) is 84.4 Å². The number of halogens is 1. The molecule has 0 radical (unpaired) electrons. The predicted octanol–water partition coefficient (Wildman–Crippen LogP) is 5.31. The Morgan fingerprint density at radius 2 is 1.57 bits per heavy atom. The van der Waals surface area contributed by atoms with Gasteiger partial charge >= 0.3 is 0 Å². The molecule has 1 aromatic heterocycles. The van der Waals surface area contributed by atoms with Crippen LogP contribution in [-0.2, 0) is 24.7 Å². The van der Waals surface area contributed by atoms with Crippen molar-refractivity contribution in [1.82, 2.24) is 15.2 Å². The monoisotopic (exact) mass is 487 g/mol. The van der Waals surface area contributed by atoms with E-state index in [0.29, 0.717) is 30.1 Å². The normalized spacial score (nSPS) is 11.8. The summed E-state index contributed by atoms with van der Waals surface area (Å²) in [6.45, 7) is 0.551. The molecule has 3 aromatic carbocycles. The summed E-state index contributed by atoms with van der Waals surface area (Å²) in [5.74, 6) is -0.427. The number of nitrogens with zero attached hydrogens (tertiary/aromatic N) is 1. The fraction of sp³-hybridized carbons (Fsp3) is 0.241. The number of amides is 2. The molecule has 0 saturated heterocycles. The standard InChI is InChI=1S/C29H30ClN3O2/c1-33-26-12-6-5-11-23(26)20-27(33)29(35)32-25(18-15-22-13-16-24(30)17-14-22)28(34)31-19-7-10-21-8-3-2-4-9-21/h2-6,8-9,11-14,16-17,20,25H,7,10,15,18-19H2,1H3,(H,31,34)(H,32,35)/t25-/m0/s1. The van der Waals surface area contributed by atoms with Gasteiger partial charge in [0.25, 0.3) is 5.91 Å². The van der Waals surface area contributed by atoms with E-state index in [1.165, 1.54) is 5.56 Å². The van der Waals surface area contributed by atoms with Crippen LogP contribution >= 0.6 is 11.6 Å². The fourth-order valence-corrected chi connectivity index (χ4v) is 4.37. The second kappa shape index (κ2) is 11.7. The van der Waals surface area contributed by atoms with E-state index < -0.39 is 6.04 Å². The molecule has 0 saturated carbocycles. The fourth-order valence-electron chi connectivity index (χ4n) is 4.24. The molecular formula is C29H30ClN3O2. The van der Waals surface area contributed by atoms with Gasteiger partial charge in [-0.2, -0.15) is 0 Å². The third-order valence-electron chi connectivity index (χ3n) is 6.23. The summed E-state index contributed by atoms with van der Waals surface area (Å²) in [5.41, 5.74) is 3.81. The van der Waals surface area contributed by atoms with E-state index >= 15 is 0 Å². The molecule has 0 fully saturated rings. The average molecular weight is 488 g/mol. The van der Waals surface area contributed by atoms with Gasteiger partial charge in [-0.15, -0.1) is 0 Å². The van der Waals surface area contributed by atoms with E-state index in [0.717, 1.165) is 29.3 Å². The largest absolute Gasteiger partial charge is 0.354 e. The molecule has 180 valence electrons. The molecule has 2 N–H and O–H groups in total. The number of aryl methyl sites for hydroxylation is 3. The maximum Gasteiger partial charge on any atom is 0.268 e. The van der Waals surface area contributed by atoms with Crippen LogP contribution in [0.1, 0.15) is 34.5 Å². The molecule has 1 atom stereocenters. The smallest absolute Gasteiger partial charge is 0.268 e. The highest BCUT2D eigenvalue weighted by molar-refractivity contribution is 6.30. The Hall–Kier alpha value is -3.57. The van der Waals surface area contributed by atoms with Gasteiger partial charge in [0.15, 0.2) is 0 Å². The minimum Gasteiger partial charge on any atom is -0.354 e. The second-order valence-corrected chi connectivity index (χ2v) is 9.16. The van der Waals surface area contributed by atoms with Crippen LogP contribution in [0.5, 0.6) is 0 Å². The van der Waals surface area contributed by atoms with E-state index in [4.69, 9.17) is 11.6 Å². The lowest BCUT2D eigenvalue weighted by atomic mass is 10.0. The lowest BCUT2D eigenvalue weighted by molar-refractivity contribution is -0.123. The maximum absolute atomic E-state index is 13.2. The van der Waals surface area contributed by atoms with Gasteiger partial charge in [0, 0.05) is 29.5 Å². The van der Waals surface area contributed by atoms with Gasteiger partial charge in [-0.1, -0.05) is 72.3 Å². The van der Waals surface area contributed by atoms with Gasteiger partial charge in [-0.05, 0) is 61.1 Å². The first kappa shape index (κ1) is 24.6. The van der Waals surface area contributed by atoms with Crippen LogP contribution in [-0.4, -0.2) is 29.0 Å². The van der Waals surface area contributed by atoms with E-state index in [1.54, 1.807) is 0 Å². The quantitative estimate of drug-likeness (QED) is 0.298. The van der Waals surface area contributed by atoms with E-state index in [9.17, 15) is 9.59 Å². The minimum absolute atomic E-state index is 0.167. The molecule has 0 aliphatic carbocycles. The van der Waals surface area contributed by atoms with Gasteiger partial charge < -0.3 is 15.2 Å². The average Bonchev–Trinajstić information content (AvgIpc) is 3.22. The van der Waals surface area contributed by atoms with Crippen molar-refractivity contribution >= 4 is 34.3 Å². The Kier molecular flexibility index (Phi) is 8.22. The van der Waals surface area contributed by atoms with Gasteiger partial charge in [-0.3, -0.25) is 9.59 Å². The van der Waals surface area contributed by atoms with Crippen molar-refractivity contribution in [3.05, 3.63) is 107 Å². The van der Waals surface area contributed by atoms with Crippen molar-refractivity contribution in [2.45, 2.75) is 31.7 Å². The summed E-state index contributed by atoms with van der Waals surface area (Å²) < 4.78 is 1.86. The van der Waals surface area contributed by atoms with Crippen molar-refractivity contribution in [2.75, 3.05) is 6.54 Å². The van der Waals surface area contributed by atoms with Crippen LogP contribution in [0, 0.1) is 0 Å². The summed E-state index contributed by atoms with van der Waals surface area (Å²) in [6.07, 6.45) is 2.85. The number of fused-ring (bicyclic) bond motifs is 1. The van der Waals surface area contributed by atoms with Crippen LogP contribution in [0.15, 0.2) is 84.9 Å². The van der Waals surface area contributed by atoms with Crippen molar-refractivity contribution in [1.29, 1.82) is 0 Å². The molecule has 4 aromatic rings. The third kappa shape index (κ3) is 6.52. The molecule has 0 aliphatic rings. The van der Waals surface area contributed by atoms with Crippen LogP contribution in [0.2, 0.25) is 5.02 Å². The molecule has 5 nitrogen and oxygen atoms in total. The number of aromatic nitrogens is 1. The Morgan fingerprint density at radius 1 is 0.886 bits per heavy atom. The summed E-state index contributed by atoms with van der Waals surface area (Å²) in [5, 5.41) is 7.65. The highest BCUT2D eigenvalue weighted by Gasteiger charge is 2.23. The molecule has 1 heterocycles. The van der Waals surface area contributed by atoms with E-state index in [-0.39, 0.29) is 11.8 Å². The Balaban J connectivity index is 1.42. The molecule has 0 unspecified atom stereocenters. The van der Waals surface area contributed by atoms with Gasteiger partial charge in [-0.25, -0.2) is 0 Å². The van der Waals surface area contributed by atoms with Crippen LogP contribution in [0.3, 0.4) is 0 Å². The second-order valence-electron chi connectivity index (χ2n) is 8.72. The van der Waals surface area contributed by atoms with Crippen LogP contribution < -0.4 is 10.6 Å². The summed E-state index contributed by atoms with van der Waals surface area (Å²) >= 11 is 6.00. The highest BCUT2D eigenvalue weighted by Crippen LogP contribution is 2.19. The SMILES string of the molecule is Cn1c(C(=O)N[C@@H](CCc2ccc(Cl)cc2)C(=O)NCCCc2ccccc2)cc2ccccc21. The molecule has 0 aliphatic heterocycles. The van der Waals surface area contributed by atoms with Crippen molar-refractivity contribution < 1.29 is 9.59 Å². The minimum atomic E-state index is -0.645. The number of carbonyl (C=O) groups is 2. The van der Waals surface area contributed by atoms with Gasteiger partial charge in [0.1, 0.15) is 11.7 Å². The van der Waals surface area contributed by atoms with Crippen molar-refractivity contribution in [2.24, 2.45) is 7.05 Å². The first-order valence-corrected chi connectivity index (χ1v) is 12.3. The number of nitrogens with one attached hydrogen (secondary N) is 2. The number of rotatable bonds is 10. The topological polar surface area (TPSA) is 63.1 Å². The molecular weight excluding hydrogens is 458 g/mol. The number of hydrogen-bond donors (Lipinski definition) is 2. The van der Waals surface area contributed by atoms with Crippen LogP contribution in [0.25, 0.3) is 10.9 Å². The lowest BCUT2D eigenvalue weighted by Gasteiger charge is -2.19. The van der Waals surface area contributed by atoms with Gasteiger partial charge in [0.2, 0.25) is 5.91 Å². The number of benzene rings is 3. The molecule has 35 heavy (non-hydrogen) atoms. The first-order valence-electron chi connectivity index (χ1n) is 11.9. The Bertz CT molecular complexity index is 1280. The highest BCUT2D eigenvalue weighted by atomic mass is 35.5. The Labute approximate surface area is 211 Å². The predicted molar refractivity (Wildman–Crippen MR) is 142 cm³/mol. The lowest BCUT2D eigenvalue weighted by Crippen LogP contribution is -2.47. The third-order valence-corrected chi connectivity index (χ3v) is 6.48. The number of para-hydroxylation sites is 1. The number of carbonyl (C=O) groups excluding carboxylic acids is 2. The maximum atomic E-state index is 13.2. The van der Waals surface area contributed by atoms with E-state index in [2.05, 4.69) is 22.8 Å². The Morgan fingerprint density at radius 3 is 2.31 bits per heavy atom. The zero-order valence-electron chi connectivity index (χ0n) is 19.8. The summed E-state index contributed by atoms with van der Waals surface area (Å²) in [4.78, 5) is 26.3. The van der Waals surface area contributed by atoms with Crippen molar-refractivity contribution in [3.8, 4) is 0 Å². The van der Waals surface area contributed by atoms with Crippen molar-refractivity contribution in [3.63, 3.8) is 0 Å². The molecule has 0 spiro atoms. The first-order chi connectivity index (χ1) is 17.0. The zero-order valence-corrected chi connectivity index (χ0v) is 20.6. The zero-order chi connectivity index (χ0) is 24.6. The van der Waals surface area contributed by atoms with Crippen LogP contribution in [0.4, 0.5) is 0 Å². The number of hydrogen-bond acceptors (Lipinski definition) is 2. The summed E-state index contributed by atoms with van der Waals surface area (Å²) in [7, 11) is 1.86. The van der Waals surface area contributed by atoms with Gasteiger partial charge in [0.05, 0.1) is 0 Å². The molecule has 6 heteroatoms. The molecule has 2 amide bonds.